The maximum absolute atomic E-state index is 13.1. The lowest BCUT2D eigenvalue weighted by atomic mass is 9.93. The lowest BCUT2D eigenvalue weighted by Crippen LogP contribution is -2.44. The zero-order valence-electron chi connectivity index (χ0n) is 20.1. The first-order chi connectivity index (χ1) is 15.7. The van der Waals surface area contributed by atoms with E-state index < -0.39 is 10.0 Å². The summed E-state index contributed by atoms with van der Waals surface area (Å²) in [7, 11) is -1.77. The van der Waals surface area contributed by atoms with Crippen LogP contribution >= 0.6 is 0 Å². The number of carbonyl (C=O) groups excluding carboxylic acids is 1. The Hall–Kier alpha value is -2.38. The van der Waals surface area contributed by atoms with Crippen LogP contribution in [0.3, 0.4) is 0 Å². The number of methoxy groups -OCH3 is 1. The van der Waals surface area contributed by atoms with Gasteiger partial charge in [-0.05, 0) is 55.4 Å². The Labute approximate surface area is 198 Å². The molecule has 1 fully saturated rings. The summed E-state index contributed by atoms with van der Waals surface area (Å²) in [5, 5.41) is 3.22. The highest BCUT2D eigenvalue weighted by Crippen LogP contribution is 2.27. The standard InChI is InChI=1S/C26H36N2O4S/c1-19(2)16-25(22-8-10-24(32-4)11-9-22)27-26(29)23-12-14-28(15-13-23)33(30,31)18-21-7-5-6-20(3)17-21/h5-11,17,19,23,25H,12-16,18H2,1-4H3,(H,27,29). The van der Waals surface area contributed by atoms with Crippen LogP contribution in [0.2, 0.25) is 0 Å². The molecule has 1 heterocycles. The SMILES string of the molecule is COc1ccc(C(CC(C)C)NC(=O)C2CCN(S(=O)(=O)Cc3cccc(C)c3)CC2)cc1. The monoisotopic (exact) mass is 472 g/mol. The van der Waals surface area contributed by atoms with Crippen LogP contribution in [0, 0.1) is 18.8 Å². The number of hydrogen-bond donors (Lipinski definition) is 1. The Kier molecular flexibility index (Phi) is 8.54. The van der Waals surface area contributed by atoms with Gasteiger partial charge in [0.1, 0.15) is 5.75 Å². The quantitative estimate of drug-likeness (QED) is 0.585. The predicted molar refractivity (Wildman–Crippen MR) is 131 cm³/mol. The van der Waals surface area contributed by atoms with Crippen molar-refractivity contribution >= 4 is 15.9 Å². The number of hydrogen-bond acceptors (Lipinski definition) is 4. The lowest BCUT2D eigenvalue weighted by molar-refractivity contribution is -0.127. The molecule has 0 aromatic heterocycles. The second kappa shape index (κ2) is 11.2. The number of carbonyl (C=O) groups is 1. The van der Waals surface area contributed by atoms with E-state index in [0.717, 1.165) is 28.9 Å². The number of benzene rings is 2. The van der Waals surface area contributed by atoms with Crippen molar-refractivity contribution in [2.75, 3.05) is 20.2 Å². The van der Waals surface area contributed by atoms with Crippen molar-refractivity contribution in [2.24, 2.45) is 11.8 Å². The Balaban J connectivity index is 1.59. The third-order valence-corrected chi connectivity index (χ3v) is 8.04. The molecule has 2 aromatic carbocycles. The van der Waals surface area contributed by atoms with Gasteiger partial charge in [-0.25, -0.2) is 12.7 Å². The largest absolute Gasteiger partial charge is 0.497 e. The second-order valence-electron chi connectivity index (χ2n) is 9.38. The minimum absolute atomic E-state index is 0.000521. The van der Waals surface area contributed by atoms with Gasteiger partial charge >= 0.3 is 0 Å². The summed E-state index contributed by atoms with van der Waals surface area (Å²) in [5.41, 5.74) is 2.90. The molecule has 1 saturated heterocycles. The van der Waals surface area contributed by atoms with Crippen molar-refractivity contribution in [3.05, 3.63) is 65.2 Å². The van der Waals surface area contributed by atoms with E-state index in [-0.39, 0.29) is 23.6 Å². The lowest BCUT2D eigenvalue weighted by Gasteiger charge is -2.32. The van der Waals surface area contributed by atoms with Crippen molar-refractivity contribution in [2.45, 2.75) is 51.8 Å². The van der Waals surface area contributed by atoms with E-state index in [1.807, 2.05) is 55.5 Å². The van der Waals surface area contributed by atoms with Crippen molar-refractivity contribution in [1.29, 1.82) is 0 Å². The number of amides is 1. The Bertz CT molecular complexity index is 1030. The molecule has 7 heteroatoms. The first-order valence-electron chi connectivity index (χ1n) is 11.7. The third-order valence-electron chi connectivity index (χ3n) is 6.19. The van der Waals surface area contributed by atoms with E-state index in [1.54, 1.807) is 7.11 Å². The first-order valence-corrected chi connectivity index (χ1v) is 13.3. The molecule has 1 aliphatic rings. The van der Waals surface area contributed by atoms with Crippen molar-refractivity contribution in [3.63, 3.8) is 0 Å². The van der Waals surface area contributed by atoms with Crippen molar-refractivity contribution in [1.82, 2.24) is 9.62 Å². The Morgan fingerprint density at radius 1 is 1.12 bits per heavy atom. The zero-order chi connectivity index (χ0) is 24.0. The molecule has 3 rings (SSSR count). The minimum atomic E-state index is -3.40. The second-order valence-corrected chi connectivity index (χ2v) is 11.4. The van der Waals surface area contributed by atoms with Crippen LogP contribution in [0.4, 0.5) is 0 Å². The molecular weight excluding hydrogens is 436 g/mol. The van der Waals surface area contributed by atoms with Crippen molar-refractivity contribution < 1.29 is 17.9 Å². The molecule has 1 unspecified atom stereocenters. The first kappa shape index (κ1) is 25.2. The Morgan fingerprint density at radius 3 is 2.36 bits per heavy atom. The minimum Gasteiger partial charge on any atom is -0.497 e. The van der Waals surface area contributed by atoms with Gasteiger partial charge in [0.2, 0.25) is 15.9 Å². The number of aryl methyl sites for hydroxylation is 1. The highest BCUT2D eigenvalue weighted by atomic mass is 32.2. The zero-order valence-corrected chi connectivity index (χ0v) is 20.9. The molecule has 1 N–H and O–H groups in total. The summed E-state index contributed by atoms with van der Waals surface area (Å²) in [4.78, 5) is 13.1. The average molecular weight is 473 g/mol. The van der Waals surface area contributed by atoms with Crippen LogP contribution in [0.15, 0.2) is 48.5 Å². The van der Waals surface area contributed by atoms with Crippen LogP contribution in [0.1, 0.15) is 55.8 Å². The summed E-state index contributed by atoms with van der Waals surface area (Å²) in [6.45, 7) is 6.99. The van der Waals surface area contributed by atoms with Gasteiger partial charge in [0.25, 0.3) is 0 Å². The molecular formula is C26H36N2O4S. The Morgan fingerprint density at radius 2 is 1.79 bits per heavy atom. The fourth-order valence-electron chi connectivity index (χ4n) is 4.38. The molecule has 0 aliphatic carbocycles. The third kappa shape index (κ3) is 7.05. The van der Waals surface area contributed by atoms with Gasteiger partial charge in [-0.15, -0.1) is 0 Å². The molecule has 1 aliphatic heterocycles. The molecule has 6 nitrogen and oxygen atoms in total. The molecule has 0 bridgehead atoms. The highest BCUT2D eigenvalue weighted by molar-refractivity contribution is 7.88. The molecule has 180 valence electrons. The van der Waals surface area contributed by atoms with Gasteiger partial charge in [0.05, 0.1) is 18.9 Å². The molecule has 33 heavy (non-hydrogen) atoms. The van der Waals surface area contributed by atoms with Gasteiger partial charge in [-0.2, -0.15) is 0 Å². The number of ether oxygens (including phenoxy) is 1. The maximum atomic E-state index is 13.1. The summed E-state index contributed by atoms with van der Waals surface area (Å²) < 4.78 is 32.6. The van der Waals surface area contributed by atoms with E-state index in [9.17, 15) is 13.2 Å². The van der Waals surface area contributed by atoms with Crippen LogP contribution in [0.5, 0.6) is 5.75 Å². The number of nitrogens with zero attached hydrogens (tertiary/aromatic N) is 1. The molecule has 1 atom stereocenters. The van der Waals surface area contributed by atoms with Crippen LogP contribution in [0.25, 0.3) is 0 Å². The number of rotatable bonds is 9. The van der Waals surface area contributed by atoms with Crippen LogP contribution < -0.4 is 10.1 Å². The fraction of sp³-hybridized carbons (Fsp3) is 0.500. The van der Waals surface area contributed by atoms with E-state index in [2.05, 4.69) is 19.2 Å². The van der Waals surface area contributed by atoms with Crippen LogP contribution in [-0.2, 0) is 20.6 Å². The fourth-order valence-corrected chi connectivity index (χ4v) is 5.93. The maximum Gasteiger partial charge on any atom is 0.223 e. The molecule has 0 saturated carbocycles. The number of sulfonamides is 1. The van der Waals surface area contributed by atoms with E-state index in [0.29, 0.717) is 31.8 Å². The highest BCUT2D eigenvalue weighted by Gasteiger charge is 2.32. The molecule has 0 radical (unpaired) electrons. The molecule has 1 amide bonds. The number of piperidine rings is 1. The van der Waals surface area contributed by atoms with Gasteiger partial charge in [-0.1, -0.05) is 55.8 Å². The summed E-state index contributed by atoms with van der Waals surface area (Å²) in [6.07, 6.45) is 1.91. The van der Waals surface area contributed by atoms with E-state index >= 15 is 0 Å². The van der Waals surface area contributed by atoms with Crippen LogP contribution in [-0.4, -0.2) is 38.8 Å². The average Bonchev–Trinajstić information content (AvgIpc) is 2.78. The summed E-state index contributed by atoms with van der Waals surface area (Å²) in [5.74, 6) is 1.04. The van der Waals surface area contributed by atoms with E-state index in [1.165, 1.54) is 4.31 Å². The van der Waals surface area contributed by atoms with Gasteiger partial charge in [0, 0.05) is 19.0 Å². The van der Waals surface area contributed by atoms with Gasteiger partial charge in [-0.3, -0.25) is 4.79 Å². The summed E-state index contributed by atoms with van der Waals surface area (Å²) >= 11 is 0. The van der Waals surface area contributed by atoms with Gasteiger partial charge in [0.15, 0.2) is 0 Å². The van der Waals surface area contributed by atoms with Gasteiger partial charge < -0.3 is 10.1 Å². The topological polar surface area (TPSA) is 75.7 Å². The normalized spacial score (nSPS) is 16.5. The number of nitrogens with one attached hydrogen (secondary N) is 1. The molecule has 2 aromatic rings. The summed E-state index contributed by atoms with van der Waals surface area (Å²) in [6, 6.07) is 15.3. The molecule has 0 spiro atoms. The van der Waals surface area contributed by atoms with E-state index in [4.69, 9.17) is 4.74 Å². The predicted octanol–water partition coefficient (Wildman–Crippen LogP) is 4.45. The smallest absolute Gasteiger partial charge is 0.223 e. The van der Waals surface area contributed by atoms with Crippen molar-refractivity contribution in [3.8, 4) is 5.75 Å².